The molecule has 0 fully saturated rings. The number of furan rings is 1. The van der Waals surface area contributed by atoms with Gasteiger partial charge in [0, 0.05) is 10.3 Å². The Morgan fingerprint density at radius 1 is 1.42 bits per heavy atom. The zero-order valence-electron chi connectivity index (χ0n) is 14.7. The Hall–Kier alpha value is -1.88. The van der Waals surface area contributed by atoms with Crippen LogP contribution in [0.5, 0.6) is 0 Å². The summed E-state index contributed by atoms with van der Waals surface area (Å²) >= 11 is 1.70. The Labute approximate surface area is 147 Å². The van der Waals surface area contributed by atoms with E-state index in [1.807, 2.05) is 24.4 Å². The molecule has 4 nitrogen and oxygen atoms in total. The zero-order chi connectivity index (χ0) is 17.3. The van der Waals surface area contributed by atoms with Crippen molar-refractivity contribution in [3.8, 4) is 0 Å². The molecule has 0 saturated carbocycles. The molecule has 2 aromatic heterocycles. The normalized spacial score (nSPS) is 17.9. The average Bonchev–Trinajstić information content (AvgIpc) is 3.11. The molecule has 3 rings (SSSR count). The van der Waals surface area contributed by atoms with Crippen molar-refractivity contribution in [2.75, 3.05) is 0 Å². The highest BCUT2D eigenvalue weighted by atomic mass is 32.1. The number of rotatable bonds is 3. The van der Waals surface area contributed by atoms with Crippen LogP contribution >= 0.6 is 11.3 Å². The van der Waals surface area contributed by atoms with Crippen LogP contribution in [0, 0.1) is 18.3 Å². The molecule has 1 atom stereocenters. The first kappa shape index (κ1) is 17.0. The number of thiophene rings is 1. The fourth-order valence-electron chi connectivity index (χ4n) is 3.18. The molecule has 2 aromatic rings. The van der Waals surface area contributed by atoms with Crippen molar-refractivity contribution in [1.82, 2.24) is 5.43 Å². The number of carbonyl (C=O) groups excluding carboxylic acids is 1. The second-order valence-electron chi connectivity index (χ2n) is 7.50. The van der Waals surface area contributed by atoms with Gasteiger partial charge in [0.2, 0.25) is 0 Å². The van der Waals surface area contributed by atoms with Gasteiger partial charge in [-0.2, -0.15) is 5.10 Å². The van der Waals surface area contributed by atoms with E-state index in [0.29, 0.717) is 17.1 Å². The molecular weight excluding hydrogens is 320 g/mol. The number of nitrogens with one attached hydrogen (secondary N) is 1. The van der Waals surface area contributed by atoms with Gasteiger partial charge >= 0.3 is 0 Å². The highest BCUT2D eigenvalue weighted by molar-refractivity contribution is 7.10. The summed E-state index contributed by atoms with van der Waals surface area (Å²) in [5.74, 6) is 2.00. The van der Waals surface area contributed by atoms with Crippen LogP contribution in [0.25, 0.3) is 0 Å². The van der Waals surface area contributed by atoms with Gasteiger partial charge in [-0.05, 0) is 55.2 Å². The predicted molar refractivity (Wildman–Crippen MR) is 97.8 cm³/mol. The smallest absolute Gasteiger partial charge is 0.272 e. The molecule has 1 N–H and O–H groups in total. The minimum absolute atomic E-state index is 0.138. The summed E-state index contributed by atoms with van der Waals surface area (Å²) < 4.78 is 5.39. The van der Waals surface area contributed by atoms with Gasteiger partial charge in [-0.3, -0.25) is 4.79 Å². The Kier molecular flexibility index (Phi) is 4.63. The number of hydrogen-bond donors (Lipinski definition) is 1. The van der Waals surface area contributed by atoms with E-state index in [0.717, 1.165) is 30.6 Å². The first-order chi connectivity index (χ1) is 11.3. The summed E-state index contributed by atoms with van der Waals surface area (Å²) in [7, 11) is 0. The summed E-state index contributed by atoms with van der Waals surface area (Å²) in [6, 6.07) is 3.69. The average molecular weight is 344 g/mol. The Morgan fingerprint density at radius 2 is 2.21 bits per heavy atom. The molecule has 0 saturated heterocycles. The van der Waals surface area contributed by atoms with Gasteiger partial charge in [-0.1, -0.05) is 20.8 Å². The van der Waals surface area contributed by atoms with Crippen LogP contribution < -0.4 is 5.43 Å². The number of fused-ring (bicyclic) bond motifs is 1. The number of hydrazone groups is 1. The maximum Gasteiger partial charge on any atom is 0.272 e. The summed E-state index contributed by atoms with van der Waals surface area (Å²) in [5, 5.41) is 5.97. The lowest BCUT2D eigenvalue weighted by Gasteiger charge is -2.33. The third kappa shape index (κ3) is 3.61. The van der Waals surface area contributed by atoms with Crippen molar-refractivity contribution in [1.29, 1.82) is 0 Å². The zero-order valence-corrected chi connectivity index (χ0v) is 15.5. The fourth-order valence-corrected chi connectivity index (χ4v) is 4.34. The van der Waals surface area contributed by atoms with E-state index in [1.54, 1.807) is 11.3 Å². The standard InChI is InChI=1S/C19H24N2O2S/c1-12-5-7-14(23-12)10-20-21-18(22)16-11-24-17-9-13(19(2,3)4)6-8-15(16)17/h5,7,10-11,13H,6,8-9H2,1-4H3,(H,21,22)/t13-/m0/s1. The maximum atomic E-state index is 12.4. The molecule has 0 aromatic carbocycles. The number of amides is 1. The SMILES string of the molecule is Cc1ccc(C=NNC(=O)c2csc3c2CC[C@H](C(C)(C)C)C3)o1. The third-order valence-electron chi connectivity index (χ3n) is 4.74. The lowest BCUT2D eigenvalue weighted by Crippen LogP contribution is -2.27. The van der Waals surface area contributed by atoms with E-state index in [9.17, 15) is 4.79 Å². The molecule has 24 heavy (non-hydrogen) atoms. The molecule has 1 amide bonds. The molecule has 0 aliphatic heterocycles. The van der Waals surface area contributed by atoms with Crippen molar-refractivity contribution in [3.63, 3.8) is 0 Å². The maximum absolute atomic E-state index is 12.4. The van der Waals surface area contributed by atoms with Crippen molar-refractivity contribution in [2.45, 2.75) is 47.0 Å². The summed E-state index contributed by atoms with van der Waals surface area (Å²) in [6.45, 7) is 8.78. The highest BCUT2D eigenvalue weighted by Gasteiger charge is 2.31. The van der Waals surface area contributed by atoms with E-state index >= 15 is 0 Å². The van der Waals surface area contributed by atoms with E-state index in [-0.39, 0.29) is 5.91 Å². The van der Waals surface area contributed by atoms with Crippen LogP contribution in [-0.4, -0.2) is 12.1 Å². The van der Waals surface area contributed by atoms with Crippen LogP contribution in [0.3, 0.4) is 0 Å². The third-order valence-corrected chi connectivity index (χ3v) is 5.79. The monoisotopic (exact) mass is 344 g/mol. The van der Waals surface area contributed by atoms with Gasteiger partial charge in [0.1, 0.15) is 11.5 Å². The molecular formula is C19H24N2O2S. The lowest BCUT2D eigenvalue weighted by molar-refractivity contribution is 0.0954. The van der Waals surface area contributed by atoms with Gasteiger partial charge < -0.3 is 4.42 Å². The fraction of sp³-hybridized carbons (Fsp3) is 0.474. The molecule has 0 unspecified atom stereocenters. The Bertz CT molecular complexity index is 765. The van der Waals surface area contributed by atoms with E-state index < -0.39 is 0 Å². The minimum atomic E-state index is -0.138. The number of carbonyl (C=O) groups is 1. The minimum Gasteiger partial charge on any atom is -0.460 e. The molecule has 5 heteroatoms. The van der Waals surface area contributed by atoms with Crippen LogP contribution in [0.15, 0.2) is 27.0 Å². The van der Waals surface area contributed by atoms with Crippen molar-refractivity contribution < 1.29 is 9.21 Å². The number of nitrogens with zero attached hydrogens (tertiary/aromatic N) is 1. The largest absolute Gasteiger partial charge is 0.460 e. The molecule has 1 aliphatic rings. The molecule has 0 radical (unpaired) electrons. The molecule has 1 aliphatic carbocycles. The van der Waals surface area contributed by atoms with Crippen LogP contribution in [-0.2, 0) is 12.8 Å². The molecule has 128 valence electrons. The number of aryl methyl sites for hydroxylation is 1. The first-order valence-corrected chi connectivity index (χ1v) is 9.21. The van der Waals surface area contributed by atoms with E-state index in [1.165, 1.54) is 16.7 Å². The van der Waals surface area contributed by atoms with Crippen LogP contribution in [0.4, 0.5) is 0 Å². The molecule has 0 spiro atoms. The Balaban J connectivity index is 1.67. The van der Waals surface area contributed by atoms with Gasteiger partial charge in [0.15, 0.2) is 0 Å². The molecule has 0 bridgehead atoms. The topological polar surface area (TPSA) is 54.6 Å². The molecule has 2 heterocycles. The van der Waals surface area contributed by atoms with Crippen molar-refractivity contribution in [2.24, 2.45) is 16.4 Å². The summed E-state index contributed by atoms with van der Waals surface area (Å²) in [4.78, 5) is 13.8. The van der Waals surface area contributed by atoms with Crippen molar-refractivity contribution >= 4 is 23.5 Å². The predicted octanol–water partition coefficient (Wildman–Crippen LogP) is 4.56. The van der Waals surface area contributed by atoms with Gasteiger partial charge in [-0.25, -0.2) is 5.43 Å². The van der Waals surface area contributed by atoms with Gasteiger partial charge in [-0.15, -0.1) is 11.3 Å². The lowest BCUT2D eigenvalue weighted by atomic mass is 9.72. The van der Waals surface area contributed by atoms with Crippen LogP contribution in [0.2, 0.25) is 0 Å². The van der Waals surface area contributed by atoms with E-state index in [4.69, 9.17) is 4.42 Å². The second kappa shape index (κ2) is 6.55. The number of hydrogen-bond acceptors (Lipinski definition) is 4. The summed E-state index contributed by atoms with van der Waals surface area (Å²) in [6.07, 6.45) is 4.72. The first-order valence-electron chi connectivity index (χ1n) is 8.33. The van der Waals surface area contributed by atoms with Crippen LogP contribution in [0.1, 0.15) is 59.5 Å². The quantitative estimate of drug-likeness (QED) is 0.655. The van der Waals surface area contributed by atoms with Crippen molar-refractivity contribution in [3.05, 3.63) is 45.0 Å². The van der Waals surface area contributed by atoms with E-state index in [2.05, 4.69) is 31.3 Å². The van der Waals surface area contributed by atoms with Gasteiger partial charge in [0.25, 0.3) is 5.91 Å². The summed E-state index contributed by atoms with van der Waals surface area (Å²) in [5.41, 5.74) is 4.91. The second-order valence-corrected chi connectivity index (χ2v) is 8.47. The van der Waals surface area contributed by atoms with Gasteiger partial charge in [0.05, 0.1) is 11.8 Å². The highest BCUT2D eigenvalue weighted by Crippen LogP contribution is 2.40. The Morgan fingerprint density at radius 3 is 2.88 bits per heavy atom.